The number of phenolic OH excluding ortho intramolecular Hbond substituents is 1. The summed E-state index contributed by atoms with van der Waals surface area (Å²) in [6.45, 7) is 0. The third-order valence-electron chi connectivity index (χ3n) is 4.49. The summed E-state index contributed by atoms with van der Waals surface area (Å²) in [7, 11) is -3.70. The lowest BCUT2D eigenvalue weighted by Crippen LogP contribution is -2.12. The number of halogens is 1. The molecule has 1 aromatic heterocycles. The van der Waals surface area contributed by atoms with Crippen LogP contribution in [0.25, 0.3) is 10.4 Å². The molecule has 0 bridgehead atoms. The van der Waals surface area contributed by atoms with E-state index in [1.165, 1.54) is 35.6 Å². The van der Waals surface area contributed by atoms with E-state index in [1.807, 2.05) is 6.07 Å². The van der Waals surface area contributed by atoms with Crippen molar-refractivity contribution in [1.29, 1.82) is 0 Å². The zero-order valence-electron chi connectivity index (χ0n) is 15.9. The van der Waals surface area contributed by atoms with Gasteiger partial charge in [0.2, 0.25) is 5.78 Å². The molecule has 5 nitrogen and oxygen atoms in total. The summed E-state index contributed by atoms with van der Waals surface area (Å²) in [4.78, 5) is 14.2. The van der Waals surface area contributed by atoms with Gasteiger partial charge in [-0.1, -0.05) is 41.9 Å². The quantitative estimate of drug-likeness (QED) is 0.349. The molecule has 156 valence electrons. The molecule has 1 heterocycles. The molecule has 2 N–H and O–H groups in total. The predicted octanol–water partition coefficient (Wildman–Crippen LogP) is 5.81. The van der Waals surface area contributed by atoms with Gasteiger partial charge >= 0.3 is 0 Å². The first-order valence-corrected chi connectivity index (χ1v) is 11.8. The maximum absolute atomic E-state index is 12.7. The molecule has 8 heteroatoms. The number of phenols is 1. The van der Waals surface area contributed by atoms with Gasteiger partial charge in [-0.2, -0.15) is 0 Å². The summed E-state index contributed by atoms with van der Waals surface area (Å²) >= 11 is 7.09. The van der Waals surface area contributed by atoms with Crippen molar-refractivity contribution in [1.82, 2.24) is 0 Å². The number of anilines is 1. The standard InChI is InChI=1S/C23H16ClNO4S2/c24-19-10-9-16(14-20(19)26)23(27)22-12-11-21(30-22)15-5-4-6-17(13-15)25-31(28,29)18-7-2-1-3-8-18/h1-14,25-26H. The molecule has 0 aliphatic carbocycles. The van der Waals surface area contributed by atoms with Gasteiger partial charge in [0.05, 0.1) is 14.8 Å². The van der Waals surface area contributed by atoms with Crippen LogP contribution in [0.3, 0.4) is 0 Å². The summed E-state index contributed by atoms with van der Waals surface area (Å²) in [5, 5.41) is 9.93. The Morgan fingerprint density at radius 1 is 0.903 bits per heavy atom. The Morgan fingerprint density at radius 2 is 1.68 bits per heavy atom. The number of ketones is 1. The maximum atomic E-state index is 12.7. The van der Waals surface area contributed by atoms with Crippen molar-refractivity contribution in [2.45, 2.75) is 4.90 Å². The third-order valence-corrected chi connectivity index (χ3v) is 7.34. The van der Waals surface area contributed by atoms with E-state index >= 15 is 0 Å². The van der Waals surface area contributed by atoms with Gasteiger partial charge in [0, 0.05) is 16.1 Å². The van der Waals surface area contributed by atoms with Crippen molar-refractivity contribution in [3.05, 3.63) is 100 Å². The normalized spacial score (nSPS) is 11.3. The van der Waals surface area contributed by atoms with Crippen molar-refractivity contribution in [3.8, 4) is 16.2 Å². The molecule has 31 heavy (non-hydrogen) atoms. The molecule has 0 saturated heterocycles. The zero-order valence-corrected chi connectivity index (χ0v) is 18.3. The minimum Gasteiger partial charge on any atom is -0.506 e. The second-order valence-electron chi connectivity index (χ2n) is 6.66. The fraction of sp³-hybridized carbons (Fsp3) is 0. The van der Waals surface area contributed by atoms with Crippen LogP contribution in [0.1, 0.15) is 15.2 Å². The Balaban J connectivity index is 1.58. The summed E-state index contributed by atoms with van der Waals surface area (Å²) in [5.41, 5.74) is 1.53. The van der Waals surface area contributed by atoms with E-state index in [0.29, 0.717) is 16.1 Å². The summed E-state index contributed by atoms with van der Waals surface area (Å²) in [5.74, 6) is -0.383. The molecule has 0 aliphatic heterocycles. The molecule has 0 amide bonds. The lowest BCUT2D eigenvalue weighted by Gasteiger charge is -2.09. The Morgan fingerprint density at radius 3 is 2.42 bits per heavy atom. The molecule has 0 fully saturated rings. The first-order valence-electron chi connectivity index (χ1n) is 9.15. The number of sulfonamides is 1. The van der Waals surface area contributed by atoms with E-state index in [9.17, 15) is 18.3 Å². The molecule has 4 aromatic rings. The summed E-state index contributed by atoms with van der Waals surface area (Å²) < 4.78 is 27.7. The van der Waals surface area contributed by atoms with Gasteiger partial charge in [-0.3, -0.25) is 9.52 Å². The smallest absolute Gasteiger partial charge is 0.261 e. The number of carbonyl (C=O) groups excluding carboxylic acids is 1. The van der Waals surface area contributed by atoms with Crippen LogP contribution < -0.4 is 4.72 Å². The summed E-state index contributed by atoms with van der Waals surface area (Å²) in [6.07, 6.45) is 0. The fourth-order valence-corrected chi connectivity index (χ4v) is 5.11. The van der Waals surface area contributed by atoms with E-state index in [2.05, 4.69) is 4.72 Å². The van der Waals surface area contributed by atoms with Crippen molar-refractivity contribution in [2.75, 3.05) is 4.72 Å². The van der Waals surface area contributed by atoms with Crippen LogP contribution in [0.2, 0.25) is 5.02 Å². The highest BCUT2D eigenvalue weighted by Crippen LogP contribution is 2.32. The minimum atomic E-state index is -3.70. The molecular formula is C23H16ClNO4S2. The molecule has 0 spiro atoms. The Hall–Kier alpha value is -3.13. The van der Waals surface area contributed by atoms with Crippen molar-refractivity contribution >= 4 is 44.4 Å². The van der Waals surface area contributed by atoms with Crippen LogP contribution >= 0.6 is 22.9 Å². The van der Waals surface area contributed by atoms with Crippen LogP contribution in [0.4, 0.5) is 5.69 Å². The van der Waals surface area contributed by atoms with Crippen molar-refractivity contribution < 1.29 is 18.3 Å². The van der Waals surface area contributed by atoms with Gasteiger partial charge in [0.25, 0.3) is 10.0 Å². The number of hydrogen-bond acceptors (Lipinski definition) is 5. The van der Waals surface area contributed by atoms with Crippen LogP contribution in [0, 0.1) is 0 Å². The predicted molar refractivity (Wildman–Crippen MR) is 124 cm³/mol. The lowest BCUT2D eigenvalue weighted by molar-refractivity contribution is 0.104. The van der Waals surface area contributed by atoms with Gasteiger partial charge in [-0.15, -0.1) is 11.3 Å². The lowest BCUT2D eigenvalue weighted by atomic mass is 10.1. The number of rotatable bonds is 6. The average molecular weight is 470 g/mol. The number of aromatic hydroxyl groups is 1. The topological polar surface area (TPSA) is 83.5 Å². The van der Waals surface area contributed by atoms with E-state index in [4.69, 9.17) is 11.6 Å². The van der Waals surface area contributed by atoms with Crippen LogP contribution in [-0.2, 0) is 10.0 Å². The Bertz CT molecular complexity index is 1370. The number of thiophene rings is 1. The largest absolute Gasteiger partial charge is 0.506 e. The van der Waals surface area contributed by atoms with E-state index < -0.39 is 10.0 Å². The molecule has 4 rings (SSSR count). The minimum absolute atomic E-state index is 0.150. The molecule has 0 unspecified atom stereocenters. The number of carbonyl (C=O) groups is 1. The highest BCUT2D eigenvalue weighted by Gasteiger charge is 2.16. The maximum Gasteiger partial charge on any atom is 0.261 e. The van der Waals surface area contributed by atoms with Gasteiger partial charge in [0.15, 0.2) is 0 Å². The highest BCUT2D eigenvalue weighted by atomic mass is 35.5. The van der Waals surface area contributed by atoms with Crippen LogP contribution in [-0.4, -0.2) is 19.3 Å². The fourth-order valence-electron chi connectivity index (χ4n) is 2.96. The molecule has 0 radical (unpaired) electrons. The number of hydrogen-bond donors (Lipinski definition) is 2. The zero-order chi connectivity index (χ0) is 22.0. The Labute approximate surface area is 188 Å². The first kappa shape index (κ1) is 21.1. The molecule has 0 saturated carbocycles. The monoisotopic (exact) mass is 469 g/mol. The molecular weight excluding hydrogens is 454 g/mol. The SMILES string of the molecule is O=C(c1ccc(Cl)c(O)c1)c1ccc(-c2cccc(NS(=O)(=O)c3ccccc3)c2)s1. The first-order chi connectivity index (χ1) is 14.8. The number of nitrogens with one attached hydrogen (secondary N) is 1. The highest BCUT2D eigenvalue weighted by molar-refractivity contribution is 7.92. The second-order valence-corrected chi connectivity index (χ2v) is 9.83. The third kappa shape index (κ3) is 4.64. The molecule has 0 aliphatic rings. The van der Waals surface area contributed by atoms with Gasteiger partial charge in [-0.25, -0.2) is 8.42 Å². The summed E-state index contributed by atoms with van der Waals surface area (Å²) in [6, 6.07) is 23.0. The Kier molecular flexibility index (Phi) is 5.82. The van der Waals surface area contributed by atoms with Crippen molar-refractivity contribution in [3.63, 3.8) is 0 Å². The number of benzene rings is 3. The molecule has 0 atom stereocenters. The van der Waals surface area contributed by atoms with Crippen molar-refractivity contribution in [2.24, 2.45) is 0 Å². The van der Waals surface area contributed by atoms with Gasteiger partial charge in [-0.05, 0) is 60.2 Å². The van der Waals surface area contributed by atoms with E-state index in [0.717, 1.165) is 10.4 Å². The molecule has 3 aromatic carbocycles. The van der Waals surface area contributed by atoms with Gasteiger partial charge in [0.1, 0.15) is 5.75 Å². The average Bonchev–Trinajstić information content (AvgIpc) is 3.26. The second kappa shape index (κ2) is 8.55. The van der Waals surface area contributed by atoms with Crippen LogP contribution in [0.5, 0.6) is 5.75 Å². The van der Waals surface area contributed by atoms with E-state index in [-0.39, 0.29) is 21.5 Å². The van der Waals surface area contributed by atoms with Gasteiger partial charge < -0.3 is 5.11 Å². The van der Waals surface area contributed by atoms with Crippen LogP contribution in [0.15, 0.2) is 89.8 Å². The van der Waals surface area contributed by atoms with E-state index in [1.54, 1.807) is 54.6 Å².